The first-order chi connectivity index (χ1) is 11.7. The zero-order valence-corrected chi connectivity index (χ0v) is 11.9. The first-order valence-electron chi connectivity index (χ1n) is 6.20. The Morgan fingerprint density at radius 3 is 2.24 bits per heavy atom. The molecule has 6 nitrogen and oxygen atoms in total. The Morgan fingerprint density at radius 1 is 1.12 bits per heavy atom. The maximum atomic E-state index is 14.2. The molecule has 0 amide bonds. The van der Waals surface area contributed by atoms with Crippen LogP contribution < -0.4 is 10.5 Å². The Bertz CT molecular complexity index is 892. The molecular formula is C14H6F5N3O3. The molecule has 11 heteroatoms. The summed E-state index contributed by atoms with van der Waals surface area (Å²) in [5.74, 6) is -5.91. The minimum atomic E-state index is -3.63. The van der Waals surface area contributed by atoms with Crippen LogP contribution in [-0.2, 0) is 0 Å². The number of aromatic nitrogens is 2. The molecule has 0 aliphatic carbocycles. The van der Waals surface area contributed by atoms with Crippen LogP contribution in [0.1, 0.15) is 21.5 Å². The number of anilines is 1. The zero-order chi connectivity index (χ0) is 18.7. The van der Waals surface area contributed by atoms with E-state index in [9.17, 15) is 26.7 Å². The largest absolute Gasteiger partial charge is 0.477 e. The zero-order valence-electron chi connectivity index (χ0n) is 11.9. The van der Waals surface area contributed by atoms with E-state index in [0.29, 0.717) is 0 Å². The second kappa shape index (κ2) is 7.00. The molecule has 0 spiro atoms. The van der Waals surface area contributed by atoms with Gasteiger partial charge < -0.3 is 15.6 Å². The molecule has 1 heterocycles. The molecule has 25 heavy (non-hydrogen) atoms. The van der Waals surface area contributed by atoms with Gasteiger partial charge in [0.1, 0.15) is 11.1 Å². The van der Waals surface area contributed by atoms with E-state index in [1.54, 1.807) is 0 Å². The number of ether oxygens (including phenoxy) is 1. The van der Waals surface area contributed by atoms with Crippen molar-refractivity contribution in [2.45, 2.75) is 6.61 Å². The summed E-state index contributed by atoms with van der Waals surface area (Å²) in [5, 5.41) is 8.77. The average Bonchev–Trinajstić information content (AvgIpc) is 2.53. The minimum Gasteiger partial charge on any atom is -0.477 e. The fourth-order valence-corrected chi connectivity index (χ4v) is 1.68. The predicted octanol–water partition coefficient (Wildman–Crippen LogP) is 2.18. The molecule has 1 aromatic carbocycles. The van der Waals surface area contributed by atoms with E-state index in [1.807, 2.05) is 5.92 Å². The molecule has 0 aliphatic rings. The van der Waals surface area contributed by atoms with E-state index in [4.69, 9.17) is 10.8 Å². The maximum absolute atomic E-state index is 14.2. The highest BCUT2D eigenvalue weighted by molar-refractivity contribution is 5.89. The molecular weight excluding hydrogens is 353 g/mol. The van der Waals surface area contributed by atoms with Crippen LogP contribution in [0, 0.1) is 29.3 Å². The normalized spacial score (nSPS) is 10.3. The first kappa shape index (κ1) is 17.9. The molecule has 3 N–H and O–H groups in total. The molecule has 2 aromatic rings. The molecule has 0 saturated carbocycles. The van der Waals surface area contributed by atoms with Gasteiger partial charge in [0.15, 0.2) is 17.4 Å². The number of benzene rings is 1. The molecule has 0 unspecified atom stereocenters. The number of carboxylic acid groups (broad SMARTS) is 1. The van der Waals surface area contributed by atoms with Crippen molar-refractivity contribution < 1.29 is 36.6 Å². The van der Waals surface area contributed by atoms with E-state index in [-0.39, 0.29) is 11.5 Å². The third-order valence-corrected chi connectivity index (χ3v) is 2.70. The van der Waals surface area contributed by atoms with Gasteiger partial charge >= 0.3 is 12.6 Å². The molecule has 1 aromatic heterocycles. The number of nitrogen functional groups attached to an aromatic ring is 1. The summed E-state index contributed by atoms with van der Waals surface area (Å²) < 4.78 is 70.1. The highest BCUT2D eigenvalue weighted by Crippen LogP contribution is 2.32. The molecule has 0 atom stereocenters. The summed E-state index contributed by atoms with van der Waals surface area (Å²) in [6.45, 7) is -3.63. The van der Waals surface area contributed by atoms with Gasteiger partial charge in [0.2, 0.25) is 11.8 Å². The van der Waals surface area contributed by atoms with E-state index >= 15 is 0 Å². The van der Waals surface area contributed by atoms with Gasteiger partial charge in [-0.05, 0) is 0 Å². The van der Waals surface area contributed by atoms with Crippen LogP contribution >= 0.6 is 0 Å². The number of hydrogen-bond acceptors (Lipinski definition) is 5. The lowest BCUT2D eigenvalue weighted by molar-refractivity contribution is -0.0529. The number of rotatable bonds is 3. The van der Waals surface area contributed by atoms with Crippen LogP contribution in [0.3, 0.4) is 0 Å². The van der Waals surface area contributed by atoms with Crippen molar-refractivity contribution in [3.05, 3.63) is 46.5 Å². The third-order valence-electron chi connectivity index (χ3n) is 2.70. The van der Waals surface area contributed by atoms with Gasteiger partial charge in [-0.3, -0.25) is 0 Å². The van der Waals surface area contributed by atoms with E-state index in [1.165, 1.54) is 0 Å². The van der Waals surface area contributed by atoms with Gasteiger partial charge in [-0.2, -0.15) is 13.2 Å². The van der Waals surface area contributed by atoms with Crippen LogP contribution in [0.15, 0.2) is 12.4 Å². The topological polar surface area (TPSA) is 98.3 Å². The van der Waals surface area contributed by atoms with Gasteiger partial charge in [-0.25, -0.2) is 23.5 Å². The average molecular weight is 359 g/mol. The van der Waals surface area contributed by atoms with Crippen molar-refractivity contribution in [2.75, 3.05) is 5.73 Å². The Balaban J connectivity index is 2.69. The van der Waals surface area contributed by atoms with Crippen molar-refractivity contribution >= 4 is 11.9 Å². The smallest absolute Gasteiger partial charge is 0.387 e. The number of halogens is 5. The van der Waals surface area contributed by atoms with E-state index < -0.39 is 46.9 Å². The highest BCUT2D eigenvalue weighted by Gasteiger charge is 2.30. The standard InChI is InChI=1S/C14H6F5N3O3/c15-8-6(2-1-5-3-21-14(20)22-4-5)11(25-13(18)19)10(17)9(16)7(8)12(23)24/h3-4,13H,(H,23,24)(H2,20,21,22). The summed E-state index contributed by atoms with van der Waals surface area (Å²) >= 11 is 0. The quantitative estimate of drug-likeness (QED) is 0.495. The van der Waals surface area contributed by atoms with Gasteiger partial charge in [0.25, 0.3) is 0 Å². The van der Waals surface area contributed by atoms with Crippen molar-refractivity contribution in [2.24, 2.45) is 0 Å². The molecule has 130 valence electrons. The van der Waals surface area contributed by atoms with Crippen molar-refractivity contribution in [1.29, 1.82) is 0 Å². The number of nitrogens with two attached hydrogens (primary N) is 1. The minimum absolute atomic E-state index is 0.0122. The molecule has 0 fully saturated rings. The Hall–Kier alpha value is -3.42. The number of alkyl halides is 2. The first-order valence-corrected chi connectivity index (χ1v) is 6.20. The molecule has 0 saturated heterocycles. The second-order valence-electron chi connectivity index (χ2n) is 4.28. The highest BCUT2D eigenvalue weighted by atomic mass is 19.3. The van der Waals surface area contributed by atoms with Crippen LogP contribution in [0.2, 0.25) is 0 Å². The lowest BCUT2D eigenvalue weighted by Gasteiger charge is -2.11. The van der Waals surface area contributed by atoms with Crippen molar-refractivity contribution in [1.82, 2.24) is 9.97 Å². The van der Waals surface area contributed by atoms with Gasteiger partial charge in [-0.1, -0.05) is 11.8 Å². The Kier molecular flexibility index (Phi) is 5.02. The maximum Gasteiger partial charge on any atom is 0.387 e. The Morgan fingerprint density at radius 2 is 1.72 bits per heavy atom. The molecule has 0 radical (unpaired) electrons. The van der Waals surface area contributed by atoms with Gasteiger partial charge in [0.05, 0.1) is 5.56 Å². The Labute approximate surface area is 136 Å². The van der Waals surface area contributed by atoms with Crippen molar-refractivity contribution in [3.8, 4) is 17.6 Å². The lowest BCUT2D eigenvalue weighted by atomic mass is 10.1. The monoisotopic (exact) mass is 359 g/mol. The molecule has 2 rings (SSSR count). The fraction of sp³-hybridized carbons (Fsp3) is 0.0714. The van der Waals surface area contributed by atoms with Crippen molar-refractivity contribution in [3.63, 3.8) is 0 Å². The number of carboxylic acids is 1. The predicted molar refractivity (Wildman–Crippen MR) is 72.3 cm³/mol. The number of carbonyl (C=O) groups is 1. The third kappa shape index (κ3) is 3.74. The van der Waals surface area contributed by atoms with E-state index in [0.717, 1.165) is 12.4 Å². The van der Waals surface area contributed by atoms with Crippen LogP contribution in [-0.4, -0.2) is 27.7 Å². The summed E-state index contributed by atoms with van der Waals surface area (Å²) in [5.41, 5.74) is 2.35. The number of nitrogens with zero attached hydrogens (tertiary/aromatic N) is 2. The van der Waals surface area contributed by atoms with Gasteiger partial charge in [-0.15, -0.1) is 0 Å². The van der Waals surface area contributed by atoms with Gasteiger partial charge in [0, 0.05) is 12.4 Å². The van der Waals surface area contributed by atoms with Crippen LogP contribution in [0.5, 0.6) is 5.75 Å². The summed E-state index contributed by atoms with van der Waals surface area (Å²) in [6, 6.07) is 0. The summed E-state index contributed by atoms with van der Waals surface area (Å²) in [4.78, 5) is 18.0. The summed E-state index contributed by atoms with van der Waals surface area (Å²) in [7, 11) is 0. The number of aromatic carboxylic acids is 1. The van der Waals surface area contributed by atoms with Crippen LogP contribution in [0.4, 0.5) is 27.9 Å². The summed E-state index contributed by atoms with van der Waals surface area (Å²) in [6.07, 6.45) is 2.16. The SMILES string of the molecule is Nc1ncc(C#Cc2c(F)c(C(=O)O)c(F)c(F)c2OC(F)F)cn1. The fourth-order valence-electron chi connectivity index (χ4n) is 1.68. The van der Waals surface area contributed by atoms with E-state index in [2.05, 4.69) is 20.6 Å². The van der Waals surface area contributed by atoms with Crippen LogP contribution in [0.25, 0.3) is 0 Å². The molecule has 0 bridgehead atoms. The lowest BCUT2D eigenvalue weighted by Crippen LogP contribution is -2.14. The number of hydrogen-bond donors (Lipinski definition) is 2. The molecule has 0 aliphatic heterocycles. The second-order valence-corrected chi connectivity index (χ2v) is 4.28.